The Labute approximate surface area is 127 Å². The SMILES string of the molecule is CCOC(=O)CCCNC(=O)CN1CCC(C(C)N)CC1. The minimum absolute atomic E-state index is 0.0260. The first-order valence-corrected chi connectivity index (χ1v) is 7.93. The van der Waals surface area contributed by atoms with Crippen LogP contribution in [-0.2, 0) is 14.3 Å². The first kappa shape index (κ1) is 17.9. The molecular formula is C15H29N3O3. The molecule has 1 aliphatic heterocycles. The van der Waals surface area contributed by atoms with Gasteiger partial charge in [0.1, 0.15) is 0 Å². The van der Waals surface area contributed by atoms with Gasteiger partial charge in [-0.2, -0.15) is 0 Å². The van der Waals surface area contributed by atoms with Crippen LogP contribution in [-0.4, -0.2) is 55.6 Å². The average molecular weight is 299 g/mol. The number of hydrogen-bond acceptors (Lipinski definition) is 5. The van der Waals surface area contributed by atoms with Crippen LogP contribution in [0.5, 0.6) is 0 Å². The number of esters is 1. The minimum atomic E-state index is -0.204. The van der Waals surface area contributed by atoms with E-state index in [1.54, 1.807) is 6.92 Å². The van der Waals surface area contributed by atoms with Crippen molar-refractivity contribution >= 4 is 11.9 Å². The predicted octanol–water partition coefficient (Wildman–Crippen LogP) is 0.505. The molecule has 0 radical (unpaired) electrons. The van der Waals surface area contributed by atoms with Gasteiger partial charge in [0.2, 0.25) is 5.91 Å². The lowest BCUT2D eigenvalue weighted by Gasteiger charge is -2.33. The summed E-state index contributed by atoms with van der Waals surface area (Å²) in [5.74, 6) is 0.400. The fourth-order valence-corrected chi connectivity index (χ4v) is 2.59. The summed E-state index contributed by atoms with van der Waals surface area (Å²) in [5, 5.41) is 2.85. The van der Waals surface area contributed by atoms with Crippen LogP contribution >= 0.6 is 0 Å². The van der Waals surface area contributed by atoms with Crippen molar-refractivity contribution in [2.75, 3.05) is 32.8 Å². The average Bonchev–Trinajstić information content (AvgIpc) is 2.44. The van der Waals surface area contributed by atoms with E-state index in [-0.39, 0.29) is 17.9 Å². The molecule has 1 heterocycles. The summed E-state index contributed by atoms with van der Waals surface area (Å²) in [4.78, 5) is 25.1. The van der Waals surface area contributed by atoms with E-state index in [0.717, 1.165) is 25.9 Å². The monoisotopic (exact) mass is 299 g/mol. The largest absolute Gasteiger partial charge is 0.466 e. The molecule has 21 heavy (non-hydrogen) atoms. The molecular weight excluding hydrogens is 270 g/mol. The summed E-state index contributed by atoms with van der Waals surface area (Å²) in [6.07, 6.45) is 3.10. The topological polar surface area (TPSA) is 84.7 Å². The van der Waals surface area contributed by atoms with Gasteiger partial charge in [-0.25, -0.2) is 0 Å². The predicted molar refractivity (Wildman–Crippen MR) is 81.7 cm³/mol. The van der Waals surface area contributed by atoms with Crippen LogP contribution in [0.25, 0.3) is 0 Å². The normalized spacial score (nSPS) is 18.2. The van der Waals surface area contributed by atoms with Crippen molar-refractivity contribution < 1.29 is 14.3 Å². The smallest absolute Gasteiger partial charge is 0.305 e. The molecule has 1 atom stereocenters. The highest BCUT2D eigenvalue weighted by Gasteiger charge is 2.22. The molecule has 122 valence electrons. The third-order valence-corrected chi connectivity index (χ3v) is 3.93. The Bertz CT molecular complexity index is 326. The number of piperidine rings is 1. The summed E-state index contributed by atoms with van der Waals surface area (Å²) in [6, 6.07) is 0.240. The second-order valence-electron chi connectivity index (χ2n) is 5.73. The van der Waals surface area contributed by atoms with Crippen molar-refractivity contribution in [3.63, 3.8) is 0 Å². The van der Waals surface area contributed by atoms with Crippen LogP contribution < -0.4 is 11.1 Å². The lowest BCUT2D eigenvalue weighted by atomic mass is 9.91. The van der Waals surface area contributed by atoms with Crippen molar-refractivity contribution in [2.24, 2.45) is 11.7 Å². The highest BCUT2D eigenvalue weighted by atomic mass is 16.5. The van der Waals surface area contributed by atoms with E-state index in [0.29, 0.717) is 38.5 Å². The number of rotatable bonds is 8. The van der Waals surface area contributed by atoms with Crippen LogP contribution in [0.1, 0.15) is 39.5 Å². The van der Waals surface area contributed by atoms with Gasteiger partial charge in [0.15, 0.2) is 0 Å². The minimum Gasteiger partial charge on any atom is -0.466 e. The zero-order chi connectivity index (χ0) is 15.7. The Morgan fingerprint density at radius 1 is 1.38 bits per heavy atom. The molecule has 0 aliphatic carbocycles. The molecule has 3 N–H and O–H groups in total. The molecule has 0 aromatic heterocycles. The van der Waals surface area contributed by atoms with Crippen molar-refractivity contribution in [3.8, 4) is 0 Å². The summed E-state index contributed by atoms with van der Waals surface area (Å²) in [5.41, 5.74) is 5.91. The maximum absolute atomic E-state index is 11.8. The maximum Gasteiger partial charge on any atom is 0.305 e. The van der Waals surface area contributed by atoms with Gasteiger partial charge in [-0.3, -0.25) is 14.5 Å². The number of nitrogens with one attached hydrogen (secondary N) is 1. The van der Waals surface area contributed by atoms with Crippen molar-refractivity contribution in [1.82, 2.24) is 10.2 Å². The molecule has 0 bridgehead atoms. The zero-order valence-electron chi connectivity index (χ0n) is 13.3. The summed E-state index contributed by atoms with van der Waals surface area (Å²) in [6.45, 7) is 7.07. The van der Waals surface area contributed by atoms with Crippen LogP contribution in [0.2, 0.25) is 0 Å². The molecule has 6 heteroatoms. The Morgan fingerprint density at radius 3 is 2.62 bits per heavy atom. The van der Waals surface area contributed by atoms with Crippen LogP contribution in [0, 0.1) is 5.92 Å². The summed E-state index contributed by atoms with van der Waals surface area (Å²) < 4.78 is 4.83. The third-order valence-electron chi connectivity index (χ3n) is 3.93. The highest BCUT2D eigenvalue weighted by Crippen LogP contribution is 2.18. The molecule has 1 rings (SSSR count). The molecule has 1 saturated heterocycles. The van der Waals surface area contributed by atoms with E-state index in [4.69, 9.17) is 10.5 Å². The van der Waals surface area contributed by atoms with Crippen LogP contribution in [0.15, 0.2) is 0 Å². The Balaban J connectivity index is 2.08. The second kappa shape index (κ2) is 9.73. The van der Waals surface area contributed by atoms with Crippen molar-refractivity contribution in [3.05, 3.63) is 0 Å². The third kappa shape index (κ3) is 7.43. The number of nitrogens with two attached hydrogens (primary N) is 1. The van der Waals surface area contributed by atoms with E-state index in [9.17, 15) is 9.59 Å². The number of hydrogen-bond donors (Lipinski definition) is 2. The first-order chi connectivity index (χ1) is 10.0. The lowest BCUT2D eigenvalue weighted by molar-refractivity contribution is -0.143. The fraction of sp³-hybridized carbons (Fsp3) is 0.867. The maximum atomic E-state index is 11.8. The molecule has 1 amide bonds. The molecule has 1 aliphatic rings. The van der Waals surface area contributed by atoms with Gasteiger partial charge in [0, 0.05) is 19.0 Å². The van der Waals surface area contributed by atoms with Gasteiger partial charge in [-0.1, -0.05) is 0 Å². The van der Waals surface area contributed by atoms with E-state index in [1.807, 2.05) is 0 Å². The Hall–Kier alpha value is -1.14. The molecule has 1 fully saturated rings. The number of amides is 1. The van der Waals surface area contributed by atoms with Crippen molar-refractivity contribution in [1.29, 1.82) is 0 Å². The summed E-state index contributed by atoms with van der Waals surface area (Å²) in [7, 11) is 0. The standard InChI is InChI=1S/C15H29N3O3/c1-3-21-15(20)5-4-8-17-14(19)11-18-9-6-13(7-10-18)12(2)16/h12-13H,3-11,16H2,1-2H3,(H,17,19). The Morgan fingerprint density at radius 2 is 2.05 bits per heavy atom. The summed E-state index contributed by atoms with van der Waals surface area (Å²) >= 11 is 0. The van der Waals surface area contributed by atoms with Gasteiger partial charge in [-0.05, 0) is 52.1 Å². The fourth-order valence-electron chi connectivity index (χ4n) is 2.59. The second-order valence-corrected chi connectivity index (χ2v) is 5.73. The number of likely N-dealkylation sites (tertiary alicyclic amines) is 1. The molecule has 0 aromatic carbocycles. The van der Waals surface area contributed by atoms with Gasteiger partial charge < -0.3 is 15.8 Å². The van der Waals surface area contributed by atoms with Gasteiger partial charge in [0.05, 0.1) is 13.2 Å². The van der Waals surface area contributed by atoms with E-state index in [2.05, 4.69) is 17.1 Å². The highest BCUT2D eigenvalue weighted by molar-refractivity contribution is 5.78. The molecule has 0 saturated carbocycles. The molecule has 1 unspecified atom stereocenters. The first-order valence-electron chi connectivity index (χ1n) is 7.93. The lowest BCUT2D eigenvalue weighted by Crippen LogP contribution is -2.44. The zero-order valence-corrected chi connectivity index (χ0v) is 13.3. The van der Waals surface area contributed by atoms with E-state index >= 15 is 0 Å². The Kier molecular flexibility index (Phi) is 8.30. The van der Waals surface area contributed by atoms with Gasteiger partial charge >= 0.3 is 5.97 Å². The van der Waals surface area contributed by atoms with E-state index < -0.39 is 0 Å². The van der Waals surface area contributed by atoms with Crippen molar-refractivity contribution in [2.45, 2.75) is 45.6 Å². The van der Waals surface area contributed by atoms with Gasteiger partial charge in [-0.15, -0.1) is 0 Å². The molecule has 6 nitrogen and oxygen atoms in total. The molecule has 0 spiro atoms. The number of carbonyl (C=O) groups is 2. The van der Waals surface area contributed by atoms with Crippen LogP contribution in [0.4, 0.5) is 0 Å². The number of ether oxygens (including phenoxy) is 1. The number of nitrogens with zero attached hydrogens (tertiary/aromatic N) is 1. The quantitative estimate of drug-likeness (QED) is 0.504. The van der Waals surface area contributed by atoms with Crippen LogP contribution in [0.3, 0.4) is 0 Å². The van der Waals surface area contributed by atoms with Gasteiger partial charge in [0.25, 0.3) is 0 Å². The molecule has 0 aromatic rings. The number of carbonyl (C=O) groups excluding carboxylic acids is 2. The van der Waals surface area contributed by atoms with E-state index in [1.165, 1.54) is 0 Å².